The van der Waals surface area contributed by atoms with E-state index in [1.54, 1.807) is 13.0 Å². The van der Waals surface area contributed by atoms with Crippen LogP contribution >= 0.6 is 0 Å². The number of ketones is 1. The summed E-state index contributed by atoms with van der Waals surface area (Å²) in [6, 6.07) is 25.2. The van der Waals surface area contributed by atoms with Crippen LogP contribution in [0.3, 0.4) is 0 Å². The summed E-state index contributed by atoms with van der Waals surface area (Å²) in [5.74, 6) is -0.845. The lowest BCUT2D eigenvalue weighted by Gasteiger charge is -2.08. The van der Waals surface area contributed by atoms with Crippen LogP contribution in [-0.2, 0) is 11.3 Å². The zero-order chi connectivity index (χ0) is 20.6. The molecule has 0 aromatic heterocycles. The third-order valence-electron chi connectivity index (χ3n) is 4.60. The molecule has 0 unspecified atom stereocenters. The van der Waals surface area contributed by atoms with Gasteiger partial charge in [-0.3, -0.25) is 4.79 Å². The highest BCUT2D eigenvalue weighted by molar-refractivity contribution is 5.97. The van der Waals surface area contributed by atoms with Crippen molar-refractivity contribution in [3.63, 3.8) is 0 Å². The molecule has 0 amide bonds. The first-order valence-electron chi connectivity index (χ1n) is 9.43. The van der Waals surface area contributed by atoms with Crippen LogP contribution in [0.5, 0.6) is 0 Å². The van der Waals surface area contributed by atoms with Crippen LogP contribution in [0.4, 0.5) is 0 Å². The van der Waals surface area contributed by atoms with Gasteiger partial charge in [0.2, 0.25) is 0 Å². The summed E-state index contributed by atoms with van der Waals surface area (Å²) >= 11 is 0. The van der Waals surface area contributed by atoms with Crippen molar-refractivity contribution in [2.75, 3.05) is 6.54 Å². The van der Waals surface area contributed by atoms with Crippen LogP contribution < -0.4 is 5.32 Å². The van der Waals surface area contributed by atoms with Crippen LogP contribution in [0.15, 0.2) is 84.4 Å². The van der Waals surface area contributed by atoms with Crippen molar-refractivity contribution in [1.82, 2.24) is 5.32 Å². The first kappa shape index (κ1) is 20.2. The number of Topliss-reactive ketones (excluding diaryl/α,β-unsaturated/α-hetero) is 1. The summed E-state index contributed by atoms with van der Waals surface area (Å²) in [5.41, 5.74) is 5.08. The Morgan fingerprint density at radius 1 is 0.897 bits per heavy atom. The van der Waals surface area contributed by atoms with Crippen LogP contribution in [0.25, 0.3) is 17.2 Å². The number of carboxylic acid groups (broad SMARTS) is 1. The average molecular weight is 385 g/mol. The Balaban J connectivity index is 1.63. The highest BCUT2D eigenvalue weighted by Gasteiger charge is 2.05. The van der Waals surface area contributed by atoms with Gasteiger partial charge in [-0.1, -0.05) is 72.8 Å². The maximum absolute atomic E-state index is 12.2. The lowest BCUT2D eigenvalue weighted by Crippen LogP contribution is -2.22. The monoisotopic (exact) mass is 385 g/mol. The molecule has 0 heterocycles. The summed E-state index contributed by atoms with van der Waals surface area (Å²) in [6.07, 6.45) is 1.65. The Morgan fingerprint density at radius 3 is 2.31 bits per heavy atom. The molecule has 0 radical (unpaired) electrons. The van der Waals surface area contributed by atoms with Crippen molar-refractivity contribution in [1.29, 1.82) is 0 Å². The minimum atomic E-state index is -0.917. The molecular formula is C25H23NO3. The van der Waals surface area contributed by atoms with Gasteiger partial charge in [-0.05, 0) is 41.3 Å². The molecule has 0 aliphatic rings. The number of carbonyl (C=O) groups excluding carboxylic acids is 1. The summed E-state index contributed by atoms with van der Waals surface area (Å²) in [4.78, 5) is 23.1. The first-order valence-corrected chi connectivity index (χ1v) is 9.43. The Labute approximate surface area is 170 Å². The van der Waals surface area contributed by atoms with Crippen LogP contribution in [0, 0.1) is 0 Å². The second kappa shape index (κ2) is 9.62. The number of carboxylic acids is 1. The van der Waals surface area contributed by atoms with E-state index in [9.17, 15) is 9.59 Å². The lowest BCUT2D eigenvalue weighted by molar-refractivity contribution is -0.132. The predicted molar refractivity (Wildman–Crippen MR) is 116 cm³/mol. The molecule has 2 N–H and O–H groups in total. The van der Waals surface area contributed by atoms with Gasteiger partial charge in [-0.15, -0.1) is 0 Å². The van der Waals surface area contributed by atoms with Gasteiger partial charge in [0.05, 0.1) is 6.54 Å². The van der Waals surface area contributed by atoms with Gasteiger partial charge in [0.15, 0.2) is 5.78 Å². The summed E-state index contributed by atoms with van der Waals surface area (Å²) in [7, 11) is 0. The number of aliphatic carboxylic acids is 1. The number of hydrogen-bond donors (Lipinski definition) is 2. The number of rotatable bonds is 8. The molecule has 4 heteroatoms. The van der Waals surface area contributed by atoms with Crippen molar-refractivity contribution in [2.45, 2.75) is 13.5 Å². The van der Waals surface area contributed by atoms with Gasteiger partial charge in [0.25, 0.3) is 0 Å². The molecule has 0 spiro atoms. The van der Waals surface area contributed by atoms with E-state index in [1.807, 2.05) is 72.8 Å². The van der Waals surface area contributed by atoms with Crippen LogP contribution in [0.2, 0.25) is 0 Å². The number of carbonyl (C=O) groups is 2. The summed E-state index contributed by atoms with van der Waals surface area (Å²) < 4.78 is 0. The smallest absolute Gasteiger partial charge is 0.331 e. The minimum absolute atomic E-state index is 0.0713. The van der Waals surface area contributed by atoms with Crippen LogP contribution in [-0.4, -0.2) is 23.4 Å². The summed E-state index contributed by atoms with van der Waals surface area (Å²) in [5, 5.41) is 12.2. The van der Waals surface area contributed by atoms with Gasteiger partial charge in [-0.2, -0.15) is 0 Å². The van der Waals surface area contributed by atoms with Crippen molar-refractivity contribution in [3.8, 4) is 11.1 Å². The molecule has 4 nitrogen and oxygen atoms in total. The van der Waals surface area contributed by atoms with E-state index in [4.69, 9.17) is 5.11 Å². The van der Waals surface area contributed by atoms with E-state index in [-0.39, 0.29) is 12.3 Å². The molecule has 0 saturated carbocycles. The summed E-state index contributed by atoms with van der Waals surface area (Å²) in [6.45, 7) is 2.47. The fourth-order valence-electron chi connectivity index (χ4n) is 2.99. The van der Waals surface area contributed by atoms with Gasteiger partial charge < -0.3 is 10.4 Å². The molecule has 3 aromatic rings. The second-order valence-corrected chi connectivity index (χ2v) is 6.85. The van der Waals surface area contributed by atoms with E-state index >= 15 is 0 Å². The molecule has 146 valence electrons. The number of benzene rings is 3. The zero-order valence-corrected chi connectivity index (χ0v) is 16.3. The molecule has 3 rings (SSSR count). The van der Waals surface area contributed by atoms with Crippen molar-refractivity contribution >= 4 is 17.8 Å². The SMILES string of the molecule is CC(=Cc1ccc(-c2cccc(CNCC(=O)c3ccccc3)c2)cc1)C(=O)O. The Morgan fingerprint density at radius 2 is 1.62 bits per heavy atom. The number of hydrogen-bond acceptors (Lipinski definition) is 3. The number of nitrogens with one attached hydrogen (secondary N) is 1. The maximum Gasteiger partial charge on any atom is 0.331 e. The van der Waals surface area contributed by atoms with Gasteiger partial charge in [0, 0.05) is 17.7 Å². The Bertz CT molecular complexity index is 1020. The fourth-order valence-corrected chi connectivity index (χ4v) is 2.99. The van der Waals surface area contributed by atoms with Gasteiger partial charge >= 0.3 is 5.97 Å². The third kappa shape index (κ3) is 5.74. The minimum Gasteiger partial charge on any atom is -0.478 e. The molecule has 0 saturated heterocycles. The largest absolute Gasteiger partial charge is 0.478 e. The van der Waals surface area contributed by atoms with Crippen molar-refractivity contribution in [3.05, 3.63) is 101 Å². The van der Waals surface area contributed by atoms with Gasteiger partial charge in [-0.25, -0.2) is 4.79 Å². The molecule has 29 heavy (non-hydrogen) atoms. The molecule has 3 aromatic carbocycles. The van der Waals surface area contributed by atoms with E-state index in [0.717, 1.165) is 22.3 Å². The zero-order valence-electron chi connectivity index (χ0n) is 16.3. The van der Waals surface area contributed by atoms with Crippen molar-refractivity contribution in [2.24, 2.45) is 0 Å². The van der Waals surface area contributed by atoms with E-state index < -0.39 is 5.97 Å². The molecular weight excluding hydrogens is 362 g/mol. The topological polar surface area (TPSA) is 66.4 Å². The van der Waals surface area contributed by atoms with Crippen LogP contribution in [0.1, 0.15) is 28.4 Å². The van der Waals surface area contributed by atoms with E-state index in [2.05, 4.69) is 11.4 Å². The fraction of sp³-hybridized carbons (Fsp3) is 0.120. The quantitative estimate of drug-likeness (QED) is 0.431. The second-order valence-electron chi connectivity index (χ2n) is 6.85. The van der Waals surface area contributed by atoms with Gasteiger partial charge in [0.1, 0.15) is 0 Å². The maximum atomic E-state index is 12.2. The Kier molecular flexibility index (Phi) is 6.72. The normalized spacial score (nSPS) is 11.3. The first-order chi connectivity index (χ1) is 14.0. The standard InChI is InChI=1S/C25H23NO3/c1-18(25(28)29)14-19-10-12-21(13-11-19)23-9-5-6-20(15-23)16-26-17-24(27)22-7-3-2-4-8-22/h2-15,26H,16-17H2,1H3,(H,28,29). The molecule has 0 fully saturated rings. The Hall–Kier alpha value is -3.50. The highest BCUT2D eigenvalue weighted by Crippen LogP contribution is 2.22. The van der Waals surface area contributed by atoms with Crippen molar-refractivity contribution < 1.29 is 14.7 Å². The molecule has 0 bridgehead atoms. The van der Waals surface area contributed by atoms with E-state index in [0.29, 0.717) is 17.7 Å². The molecule has 0 aliphatic heterocycles. The molecule has 0 aliphatic carbocycles. The van der Waals surface area contributed by atoms with E-state index in [1.165, 1.54) is 0 Å². The highest BCUT2D eigenvalue weighted by atomic mass is 16.4. The third-order valence-corrected chi connectivity index (χ3v) is 4.60. The average Bonchev–Trinajstić information content (AvgIpc) is 2.75. The molecule has 0 atom stereocenters. The predicted octanol–water partition coefficient (Wildman–Crippen LogP) is 4.81. The lowest BCUT2D eigenvalue weighted by atomic mass is 10.0.